The molecule has 3 fully saturated rings. The third-order valence-corrected chi connectivity index (χ3v) is 11.3. The van der Waals surface area contributed by atoms with Crippen molar-refractivity contribution < 1.29 is 42.9 Å². The van der Waals surface area contributed by atoms with Crippen LogP contribution in [0.25, 0.3) is 10.9 Å². The Labute approximate surface area is 343 Å². The van der Waals surface area contributed by atoms with E-state index in [1.54, 1.807) is 18.5 Å². The van der Waals surface area contributed by atoms with Gasteiger partial charge in [0.2, 0.25) is 11.8 Å². The number of nitrogens with one attached hydrogen (secondary N) is 2. The van der Waals surface area contributed by atoms with Gasteiger partial charge in [-0.3, -0.25) is 39.2 Å². The van der Waals surface area contributed by atoms with E-state index in [2.05, 4.69) is 36.5 Å². The zero-order valence-electron chi connectivity index (χ0n) is 33.3. The number of hydrogen-bond acceptors (Lipinski definition) is 15. The van der Waals surface area contributed by atoms with Gasteiger partial charge in [0.15, 0.2) is 0 Å². The fourth-order valence-corrected chi connectivity index (χ4v) is 8.09. The third kappa shape index (κ3) is 10.9. The minimum Gasteiger partial charge on any atom is -0.491 e. The summed E-state index contributed by atoms with van der Waals surface area (Å²) in [6.45, 7) is 9.14. The lowest BCUT2D eigenvalue weighted by atomic mass is 9.89. The first kappa shape index (κ1) is 42.0. The predicted octanol–water partition coefficient (Wildman–Crippen LogP) is 2.39. The highest BCUT2D eigenvalue weighted by Gasteiger charge is 2.44. The number of imide groups is 2. The van der Waals surface area contributed by atoms with Crippen LogP contribution >= 0.6 is 0 Å². The van der Waals surface area contributed by atoms with Gasteiger partial charge in [-0.1, -0.05) is 0 Å². The molecule has 17 heteroatoms. The molecule has 2 aromatic carbocycles. The first-order valence-corrected chi connectivity index (χ1v) is 20.5. The van der Waals surface area contributed by atoms with Gasteiger partial charge >= 0.3 is 0 Å². The summed E-state index contributed by atoms with van der Waals surface area (Å²) in [4.78, 5) is 64.4. The highest BCUT2D eigenvalue weighted by Crippen LogP contribution is 2.31. The largest absolute Gasteiger partial charge is 0.491 e. The zero-order valence-corrected chi connectivity index (χ0v) is 33.3. The van der Waals surface area contributed by atoms with Gasteiger partial charge < -0.3 is 29.0 Å². The van der Waals surface area contributed by atoms with Crippen LogP contribution in [0.15, 0.2) is 42.7 Å². The smallest absolute Gasteiger partial charge is 0.262 e. The van der Waals surface area contributed by atoms with Gasteiger partial charge in [0.05, 0.1) is 81.1 Å². The lowest BCUT2D eigenvalue weighted by Crippen LogP contribution is -2.54. The number of aromatic nitrogens is 2. The molecule has 2 saturated heterocycles. The molecular weight excluding hydrogens is 761 g/mol. The van der Waals surface area contributed by atoms with Crippen LogP contribution in [0.4, 0.5) is 5.82 Å². The van der Waals surface area contributed by atoms with Crippen LogP contribution in [-0.2, 0) is 28.5 Å². The second-order valence-corrected chi connectivity index (χ2v) is 15.0. The van der Waals surface area contributed by atoms with Crippen LogP contribution in [0.3, 0.4) is 0 Å². The molecular formula is C42H52N8O9. The van der Waals surface area contributed by atoms with Crippen molar-refractivity contribution in [1.29, 1.82) is 5.26 Å². The summed E-state index contributed by atoms with van der Waals surface area (Å²) in [7, 11) is 0. The second-order valence-electron chi connectivity index (χ2n) is 15.0. The third-order valence-electron chi connectivity index (χ3n) is 11.3. The fourth-order valence-electron chi connectivity index (χ4n) is 8.09. The lowest BCUT2D eigenvalue weighted by molar-refractivity contribution is -0.136. The molecule has 2 N–H and O–H groups in total. The standard InChI is InChI=1S/C42H52N8O9/c43-27-29-1-8-36-35(25-29)39(45-28-44-36)46-30-2-4-31(5-3-30)49-13-11-48(12-14-49)15-16-55-17-18-56-19-20-57-21-22-58-23-24-59-32-6-7-33-34(26-32)42(54)50(41(33)53)37-9-10-38(51)47-40(37)52/h1,6-8,25-26,28,30-31,37H,2-5,9-24H2,(H,44,45,46)(H,47,51,52)/t30-,31-,37?. The van der Waals surface area contributed by atoms with Gasteiger partial charge in [-0.15, -0.1) is 0 Å². The maximum atomic E-state index is 13.0. The maximum absolute atomic E-state index is 13.0. The Morgan fingerprint density at radius 2 is 1.42 bits per heavy atom. The van der Waals surface area contributed by atoms with E-state index in [0.29, 0.717) is 76.3 Å². The van der Waals surface area contributed by atoms with Crippen molar-refractivity contribution in [2.24, 2.45) is 0 Å². The number of carbonyl (C=O) groups excluding carboxylic acids is 4. The number of benzene rings is 2. The van der Waals surface area contributed by atoms with Crippen molar-refractivity contribution in [2.45, 2.75) is 56.7 Å². The van der Waals surface area contributed by atoms with E-state index < -0.39 is 29.7 Å². The number of hydrogen-bond donors (Lipinski definition) is 2. The fraction of sp³-hybridized carbons (Fsp3) is 0.548. The van der Waals surface area contributed by atoms with E-state index in [1.165, 1.54) is 12.1 Å². The van der Waals surface area contributed by atoms with Crippen LogP contribution in [0.5, 0.6) is 5.75 Å². The van der Waals surface area contributed by atoms with Gasteiger partial charge in [-0.2, -0.15) is 5.26 Å². The van der Waals surface area contributed by atoms with Crippen molar-refractivity contribution >= 4 is 40.3 Å². The van der Waals surface area contributed by atoms with Crippen molar-refractivity contribution in [1.82, 2.24) is 30.0 Å². The topological polar surface area (TPSA) is 198 Å². The molecule has 7 rings (SSSR count). The summed E-state index contributed by atoms with van der Waals surface area (Å²) < 4.78 is 28.3. The maximum Gasteiger partial charge on any atom is 0.262 e. The Balaban J connectivity index is 0.658. The first-order chi connectivity index (χ1) is 28.9. The van der Waals surface area contributed by atoms with Gasteiger partial charge in [-0.05, 0) is 68.5 Å². The SMILES string of the molecule is N#Cc1ccc2ncnc(N[C@H]3CC[C@H](N4CCN(CCOCCOCCOCCOCCOc5ccc6c(c5)C(=O)N(C5CCC(=O)NC5=O)C6=O)CC4)CC3)c2c1. The molecule has 59 heavy (non-hydrogen) atoms. The van der Waals surface area contributed by atoms with Crippen LogP contribution in [-0.4, -0.2) is 159 Å². The summed E-state index contributed by atoms with van der Waals surface area (Å²) in [6, 6.07) is 12.3. The number of nitrogens with zero attached hydrogens (tertiary/aromatic N) is 6. The molecule has 1 atom stereocenters. The van der Waals surface area contributed by atoms with E-state index >= 15 is 0 Å². The Morgan fingerprint density at radius 3 is 2.12 bits per heavy atom. The lowest BCUT2D eigenvalue weighted by Gasteiger charge is -2.42. The molecule has 0 radical (unpaired) electrons. The van der Waals surface area contributed by atoms with Crippen molar-refractivity contribution in [3.05, 3.63) is 59.4 Å². The van der Waals surface area contributed by atoms with Crippen molar-refractivity contribution in [3.63, 3.8) is 0 Å². The molecule has 4 amide bonds. The Kier molecular flexibility index (Phi) is 14.8. The quantitative estimate of drug-likeness (QED) is 0.125. The number of piperidine rings is 1. The van der Waals surface area contributed by atoms with Crippen LogP contribution < -0.4 is 15.4 Å². The van der Waals surface area contributed by atoms with E-state index in [0.717, 1.165) is 80.0 Å². The number of anilines is 1. The van der Waals surface area contributed by atoms with Gasteiger partial charge in [0.1, 0.15) is 30.5 Å². The average molecular weight is 813 g/mol. The molecule has 3 aromatic rings. The minimum atomic E-state index is -1.01. The normalized spacial score (nSPS) is 21.4. The first-order valence-electron chi connectivity index (χ1n) is 20.5. The number of ether oxygens (including phenoxy) is 5. The predicted molar refractivity (Wildman–Crippen MR) is 214 cm³/mol. The summed E-state index contributed by atoms with van der Waals surface area (Å²) in [5.41, 5.74) is 1.82. The van der Waals surface area contributed by atoms with Crippen LogP contribution in [0, 0.1) is 11.3 Å². The average Bonchev–Trinajstić information content (AvgIpc) is 3.50. The minimum absolute atomic E-state index is 0.0652. The van der Waals surface area contributed by atoms with E-state index in [-0.39, 0.29) is 30.6 Å². The van der Waals surface area contributed by atoms with Crippen molar-refractivity contribution in [3.8, 4) is 11.8 Å². The van der Waals surface area contributed by atoms with Gasteiger partial charge in [0.25, 0.3) is 11.8 Å². The van der Waals surface area contributed by atoms with E-state index in [9.17, 15) is 24.4 Å². The monoisotopic (exact) mass is 812 g/mol. The molecule has 0 bridgehead atoms. The molecule has 1 aromatic heterocycles. The number of rotatable bonds is 20. The summed E-state index contributed by atoms with van der Waals surface area (Å²) >= 11 is 0. The van der Waals surface area contributed by atoms with Gasteiger partial charge in [0, 0.05) is 56.6 Å². The second kappa shape index (κ2) is 20.7. The Bertz CT molecular complexity index is 1990. The molecule has 0 spiro atoms. The van der Waals surface area contributed by atoms with E-state index in [1.807, 2.05) is 12.1 Å². The highest BCUT2D eigenvalue weighted by atomic mass is 16.6. The number of piperazine rings is 1. The number of carbonyl (C=O) groups is 4. The van der Waals surface area contributed by atoms with E-state index in [4.69, 9.17) is 23.7 Å². The summed E-state index contributed by atoms with van der Waals surface area (Å²) in [5, 5.41) is 16.0. The molecule has 4 heterocycles. The van der Waals surface area contributed by atoms with Crippen molar-refractivity contribution in [2.75, 3.05) is 97.5 Å². The zero-order chi connectivity index (χ0) is 41.0. The molecule has 1 saturated carbocycles. The summed E-state index contributed by atoms with van der Waals surface area (Å²) in [5.74, 6) is -0.984. The molecule has 314 valence electrons. The highest BCUT2D eigenvalue weighted by molar-refractivity contribution is 6.23. The Morgan fingerprint density at radius 1 is 0.746 bits per heavy atom. The van der Waals surface area contributed by atoms with Crippen LogP contribution in [0.2, 0.25) is 0 Å². The molecule has 1 aliphatic carbocycles. The molecule has 1 unspecified atom stereocenters. The number of nitriles is 1. The summed E-state index contributed by atoms with van der Waals surface area (Å²) in [6.07, 6.45) is 6.26. The Hall–Kier alpha value is -5.09. The molecule has 4 aliphatic rings. The number of amides is 4. The number of fused-ring (bicyclic) bond motifs is 2. The van der Waals surface area contributed by atoms with Crippen LogP contribution in [0.1, 0.15) is 64.8 Å². The molecule has 17 nitrogen and oxygen atoms in total. The molecule has 3 aliphatic heterocycles. The van der Waals surface area contributed by atoms with Gasteiger partial charge in [-0.25, -0.2) is 9.97 Å².